The minimum atomic E-state index is -0.863. The number of nitrogens with one attached hydrogen (secondary N) is 2. The molecule has 2 aromatic heterocycles. The first-order valence-electron chi connectivity index (χ1n) is 30.7. The highest BCUT2D eigenvalue weighted by atomic mass is 35.5. The molecule has 22 nitrogen and oxygen atoms in total. The van der Waals surface area contributed by atoms with E-state index in [9.17, 15) is 47.8 Å². The predicted octanol–water partition coefficient (Wildman–Crippen LogP) is 9.17. The third-order valence-electron chi connectivity index (χ3n) is 19.0. The van der Waals surface area contributed by atoms with Crippen LogP contribution in [0.25, 0.3) is 0 Å². The molecule has 4 saturated heterocycles. The van der Waals surface area contributed by atoms with Gasteiger partial charge in [0.1, 0.15) is 23.7 Å². The molecule has 8 aliphatic rings. The molecule has 0 unspecified atom stereocenters. The molecule has 488 valence electrons. The minimum absolute atomic E-state index is 0.0873. The summed E-state index contributed by atoms with van der Waals surface area (Å²) in [6.07, 6.45) is 7.58. The number of methoxy groups -OCH3 is 2. The quantitative estimate of drug-likeness (QED) is 0.0659. The summed E-state index contributed by atoms with van der Waals surface area (Å²) < 4.78 is 38.4. The average molecular weight is 1360 g/mol. The maximum absolute atomic E-state index is 14.0. The van der Waals surface area contributed by atoms with E-state index in [1.165, 1.54) is 73.3 Å². The number of aliphatic imine (C=N–C) groups is 2. The van der Waals surface area contributed by atoms with Crippen molar-refractivity contribution in [3.63, 3.8) is 0 Å². The Hall–Kier alpha value is -8.66. The van der Waals surface area contributed by atoms with E-state index in [0.717, 1.165) is 35.3 Å². The molecule has 28 heteroatoms. The topological polar surface area (TPSA) is 255 Å². The summed E-state index contributed by atoms with van der Waals surface area (Å²) in [7, 11) is 2.60. The molecule has 4 amide bonds. The number of benzene rings is 4. The Labute approximate surface area is 556 Å². The highest BCUT2D eigenvalue weighted by Gasteiger charge is 2.52. The van der Waals surface area contributed by atoms with Crippen LogP contribution in [0.5, 0.6) is 0 Å². The van der Waals surface area contributed by atoms with Gasteiger partial charge in [-0.3, -0.25) is 39.2 Å². The van der Waals surface area contributed by atoms with Crippen LogP contribution in [0.15, 0.2) is 141 Å². The monoisotopic (exact) mass is 1360 g/mol. The number of rotatable bonds is 16. The Bertz CT molecular complexity index is 4110. The zero-order valence-electron chi connectivity index (χ0n) is 51.0. The number of ether oxygens (including phenoxy) is 2. The van der Waals surface area contributed by atoms with Gasteiger partial charge in [-0.05, 0) is 85.3 Å². The molecule has 6 aliphatic heterocycles. The van der Waals surface area contributed by atoms with Crippen molar-refractivity contribution in [1.82, 2.24) is 40.2 Å². The van der Waals surface area contributed by atoms with E-state index in [0.29, 0.717) is 135 Å². The van der Waals surface area contributed by atoms with E-state index in [1.54, 1.807) is 22.2 Å². The van der Waals surface area contributed by atoms with Crippen LogP contribution in [0.3, 0.4) is 0 Å². The molecule has 4 aromatic carbocycles. The minimum Gasteiger partial charge on any atom is -0.481 e. The van der Waals surface area contributed by atoms with Gasteiger partial charge in [-0.1, -0.05) is 72.4 Å². The Morgan fingerprint density at radius 2 is 0.989 bits per heavy atom. The summed E-state index contributed by atoms with van der Waals surface area (Å²) in [6.45, 7) is 4.78. The molecule has 4 N–H and O–H groups in total. The zero-order valence-corrected chi connectivity index (χ0v) is 54.1. The number of piperazine rings is 2. The fraction of sp³-hybridized carbons (Fsp3) is 0.364. The lowest BCUT2D eigenvalue weighted by Gasteiger charge is -2.38. The van der Waals surface area contributed by atoms with Crippen molar-refractivity contribution < 1.29 is 57.2 Å². The number of hydrogen-bond acceptors (Lipinski definition) is 18. The SMILES string of the molecule is COC(=O)C1=C(CN2CCN3C(=O)N(c4ccc(C5(C(=O)O)CC5)cc4)C[C@@H]3C2)NC(c2nccs2)=N[C@H]1c1ccc(F)cc1Cl.COC(=O)C1=C(CN2CCN3C(=O)N(c4ccc(C5(C(=O)O)CCCC5)cc4)C[C@@H]3C2)NC(c2nccs2)=N[C@H]1c1ccc(F)cc1Cl. The van der Waals surface area contributed by atoms with Gasteiger partial charge in [-0.2, -0.15) is 0 Å². The van der Waals surface area contributed by atoms with Gasteiger partial charge in [-0.15, -0.1) is 22.7 Å². The number of esters is 2. The summed E-state index contributed by atoms with van der Waals surface area (Å²) in [5.41, 5.74) is 3.91. The molecule has 0 spiro atoms. The van der Waals surface area contributed by atoms with Crippen molar-refractivity contribution in [2.75, 3.05) is 89.5 Å². The molecule has 2 saturated carbocycles. The molecule has 6 aromatic rings. The number of carboxylic acids is 2. The number of thiazole rings is 2. The highest BCUT2D eigenvalue weighted by molar-refractivity contribution is 7.12. The number of amides is 4. The van der Waals surface area contributed by atoms with E-state index in [2.05, 4.69) is 30.4 Å². The summed E-state index contributed by atoms with van der Waals surface area (Å²) >= 11 is 15.7. The molecule has 4 atom stereocenters. The van der Waals surface area contributed by atoms with E-state index in [1.807, 2.05) is 69.1 Å². The molecular formula is C66H64Cl2F2N12O10S2. The van der Waals surface area contributed by atoms with Crippen molar-refractivity contribution >= 4 is 105 Å². The molecule has 8 heterocycles. The van der Waals surface area contributed by atoms with Crippen LogP contribution in [0.4, 0.5) is 29.7 Å². The van der Waals surface area contributed by atoms with Crippen LogP contribution < -0.4 is 20.4 Å². The summed E-state index contributed by atoms with van der Waals surface area (Å²) in [5.74, 6) is -2.87. The number of aromatic nitrogens is 2. The molecule has 2 aliphatic carbocycles. The number of fused-ring (bicyclic) bond motifs is 2. The standard InChI is InChI=1S/C34H34ClFN6O5S.C32H30ClFN6O5S/c1-47-31(43)27-26(38-29(30-37-12-15-48-30)39-28(27)24-9-6-21(36)16-25(24)35)19-40-13-14-41-23(17-40)18-42(33(41)46)22-7-4-20(5-8-22)34(32(44)45)10-2-3-11-34;1-45-29(41)25-24(36-27(28-35-10-13-46-28)37-26(25)22-7-4-19(34)14-23(22)33)17-38-11-12-39-21(15-38)16-40(31(39)44)20-5-2-18(3-6-20)32(8-9-32)30(42)43/h4-9,12,15-16,23,28H,2-3,10-11,13-14,17-19H2,1H3,(H,38,39)(H,44,45);2-7,10,13-14,21,26H,8-9,11-12,15-17H2,1H3,(H,36,37)(H,42,43)/t23-,28-;21-,26-/m00/s1. The van der Waals surface area contributed by atoms with Crippen molar-refractivity contribution in [3.05, 3.63) is 185 Å². The Morgan fingerprint density at radius 1 is 0.585 bits per heavy atom. The smallest absolute Gasteiger partial charge is 0.338 e. The van der Waals surface area contributed by atoms with E-state index in [4.69, 9.17) is 42.7 Å². The van der Waals surface area contributed by atoms with Gasteiger partial charge in [0.2, 0.25) is 0 Å². The lowest BCUT2D eigenvalue weighted by molar-refractivity contribution is -0.144. The van der Waals surface area contributed by atoms with Crippen molar-refractivity contribution in [2.45, 2.75) is 73.5 Å². The summed E-state index contributed by atoms with van der Waals surface area (Å²) in [6, 6.07) is 20.6. The predicted molar refractivity (Wildman–Crippen MR) is 349 cm³/mol. The molecule has 94 heavy (non-hydrogen) atoms. The summed E-state index contributed by atoms with van der Waals surface area (Å²) in [5, 5.41) is 31.5. The third kappa shape index (κ3) is 12.2. The maximum Gasteiger partial charge on any atom is 0.338 e. The fourth-order valence-corrected chi connectivity index (χ4v) is 15.6. The van der Waals surface area contributed by atoms with Gasteiger partial charge in [0, 0.05) is 133 Å². The number of aliphatic carboxylic acids is 2. The normalized spacial score (nSPS) is 22.4. The van der Waals surface area contributed by atoms with Crippen molar-refractivity contribution in [1.29, 1.82) is 0 Å². The number of urea groups is 2. The van der Waals surface area contributed by atoms with Gasteiger partial charge in [0.05, 0.1) is 48.3 Å². The Balaban J connectivity index is 0.000000171. The number of amidine groups is 2. The molecule has 14 rings (SSSR count). The number of hydrogen-bond donors (Lipinski definition) is 4. The Kier molecular flexibility index (Phi) is 17.9. The van der Waals surface area contributed by atoms with Crippen molar-refractivity contribution in [2.24, 2.45) is 9.98 Å². The second-order valence-electron chi connectivity index (χ2n) is 24.3. The zero-order chi connectivity index (χ0) is 65.7. The van der Waals surface area contributed by atoms with Crippen LogP contribution in [0, 0.1) is 11.6 Å². The van der Waals surface area contributed by atoms with Crippen LogP contribution >= 0.6 is 45.9 Å². The average Bonchev–Trinajstić information content (AvgIpc) is 1.05. The second-order valence-corrected chi connectivity index (χ2v) is 26.9. The first kappa shape index (κ1) is 64.1. The number of halogens is 4. The fourth-order valence-electron chi connectivity index (χ4n) is 13.9. The number of anilines is 2. The van der Waals surface area contributed by atoms with Gasteiger partial charge in [-0.25, -0.2) is 37.9 Å². The van der Waals surface area contributed by atoms with E-state index >= 15 is 0 Å². The van der Waals surface area contributed by atoms with E-state index in [-0.39, 0.29) is 45.3 Å². The first-order valence-corrected chi connectivity index (χ1v) is 33.2. The molecule has 0 bridgehead atoms. The van der Waals surface area contributed by atoms with E-state index < -0.39 is 58.4 Å². The lowest BCUT2D eigenvalue weighted by Crippen LogP contribution is -2.53. The van der Waals surface area contributed by atoms with Gasteiger partial charge >= 0.3 is 35.9 Å². The number of carboxylic acid groups (broad SMARTS) is 2. The second kappa shape index (κ2) is 26.3. The van der Waals surface area contributed by atoms with Crippen LogP contribution in [0.2, 0.25) is 10.0 Å². The van der Waals surface area contributed by atoms with Crippen molar-refractivity contribution in [3.8, 4) is 0 Å². The van der Waals surface area contributed by atoms with Gasteiger partial charge < -0.3 is 40.1 Å². The molecular weight excluding hydrogens is 1290 g/mol. The number of carbonyl (C=O) groups excluding carboxylic acids is 4. The number of nitrogens with zero attached hydrogens (tertiary/aromatic N) is 10. The third-order valence-corrected chi connectivity index (χ3v) is 21.2. The van der Waals surface area contributed by atoms with Gasteiger partial charge in [0.15, 0.2) is 21.7 Å². The molecule has 0 radical (unpaired) electrons. The summed E-state index contributed by atoms with van der Waals surface area (Å²) in [4.78, 5) is 108. The largest absolute Gasteiger partial charge is 0.481 e. The Morgan fingerprint density at radius 3 is 1.34 bits per heavy atom. The van der Waals surface area contributed by atoms with Crippen LogP contribution in [0.1, 0.15) is 82.9 Å². The lowest BCUT2D eigenvalue weighted by atomic mass is 9.79. The van der Waals surface area contributed by atoms with Crippen LogP contribution in [-0.4, -0.2) is 179 Å². The van der Waals surface area contributed by atoms with Crippen LogP contribution in [-0.2, 0) is 39.5 Å². The first-order chi connectivity index (χ1) is 45.4. The number of carbonyl (C=O) groups is 6. The van der Waals surface area contributed by atoms with Gasteiger partial charge in [0.25, 0.3) is 0 Å². The highest BCUT2D eigenvalue weighted by Crippen LogP contribution is 2.49. The maximum atomic E-state index is 14.0. The molecule has 6 fully saturated rings.